The van der Waals surface area contributed by atoms with Crippen molar-refractivity contribution in [3.63, 3.8) is 0 Å². The first-order valence-corrected chi connectivity index (χ1v) is 35.1. The van der Waals surface area contributed by atoms with Crippen LogP contribution in [0, 0.1) is 11.8 Å². The number of rotatable bonds is 25. The number of likely N-dealkylation sites (tertiary alicyclic amines) is 1. The molecule has 0 aromatic heterocycles. The molecule has 1 N–H and O–H groups in total. The number of carbonyl (C=O) groups excluding carboxylic acids is 3. The highest BCUT2D eigenvalue weighted by atomic mass is 28.4. The van der Waals surface area contributed by atoms with Crippen molar-refractivity contribution in [3.05, 3.63) is 36.0 Å². The lowest BCUT2D eigenvalue weighted by molar-refractivity contribution is -0.168. The molecule has 4 aliphatic heterocycles. The lowest BCUT2D eigenvalue weighted by atomic mass is 9.88. The lowest BCUT2D eigenvalue weighted by Crippen LogP contribution is -2.51. The molecule has 15 heteroatoms. The van der Waals surface area contributed by atoms with Crippen molar-refractivity contribution < 1.29 is 46.6 Å². The molecule has 0 aromatic rings. The third kappa shape index (κ3) is 15.5. The zero-order valence-electron chi connectivity index (χ0n) is 46.2. The highest BCUT2D eigenvalue weighted by Gasteiger charge is 2.51. The number of piperazine rings is 1. The van der Waals surface area contributed by atoms with E-state index in [1.807, 2.05) is 32.9 Å². The SMILES string of the molecule is CC[C@H](O[Si](CC)(CC)CC)[C@@H](C)[C@H]1O[C@@H]1CC(C)(/C=C/C=C(\C)[C@H]1OC(=O)C[C@H](O[Si](CC)(CC)CC)CC[C@@](C)(OC(C)=O)[C@@H](OC(=O)N2CC3CC2CN3)/C=C/[C@@H]1C)O[Si](CC)(CC)CC. The third-order valence-electron chi connectivity index (χ3n) is 17.2. The van der Waals surface area contributed by atoms with Crippen LogP contribution in [0.5, 0.6) is 0 Å². The van der Waals surface area contributed by atoms with Gasteiger partial charge in [0.1, 0.15) is 11.7 Å². The van der Waals surface area contributed by atoms with Gasteiger partial charge in [0.25, 0.3) is 0 Å². The van der Waals surface area contributed by atoms with Crippen molar-refractivity contribution in [2.75, 3.05) is 13.1 Å². The second-order valence-electron chi connectivity index (χ2n) is 21.7. The number of allylic oxidation sites excluding steroid dienone is 2. The van der Waals surface area contributed by atoms with Crippen LogP contribution in [0.4, 0.5) is 4.79 Å². The lowest BCUT2D eigenvalue weighted by Gasteiger charge is -2.39. The molecule has 0 aliphatic carbocycles. The van der Waals surface area contributed by atoms with Crippen LogP contribution in [-0.2, 0) is 41.8 Å². The maximum Gasteiger partial charge on any atom is 0.410 e. The zero-order chi connectivity index (χ0) is 51.4. The van der Waals surface area contributed by atoms with Gasteiger partial charge in [-0.15, -0.1) is 0 Å². The molecule has 4 aliphatic rings. The van der Waals surface area contributed by atoms with Gasteiger partial charge in [0.2, 0.25) is 0 Å². The molecular weight excluding hydrogens is 921 g/mol. The van der Waals surface area contributed by atoms with E-state index in [1.165, 1.54) is 6.92 Å². The average molecular weight is 1020 g/mol. The van der Waals surface area contributed by atoms with Gasteiger partial charge in [0, 0.05) is 56.5 Å². The van der Waals surface area contributed by atoms with Crippen molar-refractivity contribution in [3.8, 4) is 0 Å². The minimum atomic E-state index is -2.20. The second kappa shape index (κ2) is 26.2. The van der Waals surface area contributed by atoms with Gasteiger partial charge in [0.05, 0.1) is 30.3 Å². The molecule has 0 saturated carbocycles. The van der Waals surface area contributed by atoms with Crippen LogP contribution in [0.15, 0.2) is 36.0 Å². The van der Waals surface area contributed by atoms with E-state index >= 15 is 0 Å². The first-order valence-electron chi connectivity index (χ1n) is 27.5. The van der Waals surface area contributed by atoms with E-state index in [1.54, 1.807) is 4.90 Å². The predicted octanol–water partition coefficient (Wildman–Crippen LogP) is 12.4. The van der Waals surface area contributed by atoms with E-state index in [0.717, 1.165) is 85.8 Å². The summed E-state index contributed by atoms with van der Waals surface area (Å²) in [6.45, 7) is 35.5. The number of amides is 1. The van der Waals surface area contributed by atoms with E-state index in [2.05, 4.69) is 107 Å². The summed E-state index contributed by atoms with van der Waals surface area (Å²) >= 11 is 0. The second-order valence-corrected chi connectivity index (χ2v) is 35.8. The molecule has 3 saturated heterocycles. The number of cyclic esters (lactones) is 1. The molecule has 1 amide bonds. The molecule has 4 rings (SSSR count). The fourth-order valence-corrected chi connectivity index (χ4v) is 20.7. The summed E-state index contributed by atoms with van der Waals surface area (Å²) in [4.78, 5) is 42.9. The molecule has 0 radical (unpaired) electrons. The maximum absolute atomic E-state index is 14.2. The average Bonchev–Trinajstić information content (AvgIpc) is 3.72. The smallest absolute Gasteiger partial charge is 0.410 e. The van der Waals surface area contributed by atoms with E-state index in [9.17, 15) is 14.4 Å². The molecule has 0 spiro atoms. The molecule has 4 heterocycles. The summed E-state index contributed by atoms with van der Waals surface area (Å²) < 4.78 is 47.1. The van der Waals surface area contributed by atoms with Crippen molar-refractivity contribution in [2.45, 2.75) is 264 Å². The first-order chi connectivity index (χ1) is 32.6. The van der Waals surface area contributed by atoms with Crippen molar-refractivity contribution in [1.29, 1.82) is 0 Å². The summed E-state index contributed by atoms with van der Waals surface area (Å²) in [5.41, 5.74) is -0.949. The monoisotopic (exact) mass is 1020 g/mol. The van der Waals surface area contributed by atoms with Crippen LogP contribution in [0.2, 0.25) is 54.4 Å². The molecular formula is C54H98N2O10Si3. The van der Waals surface area contributed by atoms with Gasteiger partial charge in [-0.05, 0) is 113 Å². The summed E-state index contributed by atoms with van der Waals surface area (Å²) in [5.74, 6) is -0.861. The number of esters is 2. The van der Waals surface area contributed by atoms with Crippen molar-refractivity contribution >= 4 is 43.0 Å². The fraction of sp³-hybridized carbons (Fsp3) is 0.833. The molecule has 0 aromatic carbocycles. The molecule has 12 atom stereocenters. The summed E-state index contributed by atoms with van der Waals surface area (Å²) in [7, 11) is -6.06. The van der Waals surface area contributed by atoms with Crippen molar-refractivity contribution in [2.24, 2.45) is 11.8 Å². The van der Waals surface area contributed by atoms with Gasteiger partial charge in [-0.2, -0.15) is 0 Å². The fourth-order valence-electron chi connectivity index (χ4n) is 11.7. The van der Waals surface area contributed by atoms with Crippen LogP contribution in [0.1, 0.15) is 149 Å². The molecule has 3 fully saturated rings. The Morgan fingerprint density at radius 1 is 0.928 bits per heavy atom. The molecule has 396 valence electrons. The number of nitrogens with zero attached hydrogens (tertiary/aromatic N) is 1. The van der Waals surface area contributed by atoms with Crippen LogP contribution >= 0.6 is 0 Å². The Labute approximate surface area is 422 Å². The number of carbonyl (C=O) groups is 3. The Morgan fingerprint density at radius 2 is 1.54 bits per heavy atom. The van der Waals surface area contributed by atoms with Gasteiger partial charge in [-0.1, -0.05) is 107 Å². The topological polar surface area (TPSA) is 134 Å². The number of fused-ring (bicyclic) bond motifs is 2. The minimum Gasteiger partial charge on any atom is -0.457 e. The number of hydrogen-bond acceptors (Lipinski definition) is 11. The normalized spacial score (nSPS) is 30.5. The number of nitrogens with one attached hydrogen (secondary N) is 1. The molecule has 69 heavy (non-hydrogen) atoms. The highest BCUT2D eigenvalue weighted by molar-refractivity contribution is 6.74. The van der Waals surface area contributed by atoms with Gasteiger partial charge in [0.15, 0.2) is 31.1 Å². The molecule has 3 unspecified atom stereocenters. The summed E-state index contributed by atoms with van der Waals surface area (Å²) in [6, 6.07) is 9.53. The van der Waals surface area contributed by atoms with Crippen LogP contribution < -0.4 is 5.32 Å². The Balaban J connectivity index is 1.71. The van der Waals surface area contributed by atoms with E-state index < -0.39 is 66.5 Å². The van der Waals surface area contributed by atoms with Gasteiger partial charge >= 0.3 is 18.0 Å². The first kappa shape index (κ1) is 59.4. The summed E-state index contributed by atoms with van der Waals surface area (Å²) in [6.07, 6.45) is 11.4. The Kier molecular flexibility index (Phi) is 22.6. The van der Waals surface area contributed by atoms with Crippen LogP contribution in [0.25, 0.3) is 0 Å². The van der Waals surface area contributed by atoms with Crippen LogP contribution in [0.3, 0.4) is 0 Å². The van der Waals surface area contributed by atoms with E-state index in [0.29, 0.717) is 19.4 Å². The Bertz CT molecular complexity index is 1730. The zero-order valence-corrected chi connectivity index (χ0v) is 49.2. The van der Waals surface area contributed by atoms with Gasteiger partial charge in [-0.25, -0.2) is 4.79 Å². The molecule has 12 nitrogen and oxygen atoms in total. The van der Waals surface area contributed by atoms with Crippen LogP contribution in [-0.4, -0.2) is 121 Å². The Hall–Kier alpha value is -2.12. The summed E-state index contributed by atoms with van der Waals surface area (Å²) in [5, 5.41) is 3.46. The van der Waals surface area contributed by atoms with Gasteiger partial charge < -0.3 is 42.4 Å². The largest absolute Gasteiger partial charge is 0.457 e. The number of ether oxygens (including phenoxy) is 4. The maximum atomic E-state index is 14.2. The number of hydrogen-bond donors (Lipinski definition) is 1. The number of epoxide rings is 1. The van der Waals surface area contributed by atoms with Gasteiger partial charge in [-0.3, -0.25) is 9.59 Å². The Morgan fingerprint density at radius 3 is 2.06 bits per heavy atom. The highest BCUT2D eigenvalue weighted by Crippen LogP contribution is 2.43. The predicted molar refractivity (Wildman–Crippen MR) is 286 cm³/mol. The standard InChI is InChI=1S/C54H98N2O10Si3/c1-17-46(65-68(21-5,22-6)23-7)41(13)51-47(60-51)36-53(15,66-69(24-8,25-9)26-10)32-27-28-39(11)50-40(12)29-30-48(61-52(59)56-38-43-34-44(56)37-55-43)54(16,63-42(14)57)33-31-45(35-49(58)62-50)64-67(18-2,19-3)20-4/h27-30,32,40-41,43-48,50-51,55H,17-26,31,33-38H2,1-16H3/b30-29+,32-27+,39-28+/t40-,41+,43?,44?,45+,46-,47+,48-,50+,51+,53?,54+/m0/s1. The van der Waals surface area contributed by atoms with E-state index in [4.69, 9.17) is 32.2 Å². The minimum absolute atomic E-state index is 0.0579. The quantitative estimate of drug-likeness (QED) is 0.0234. The molecule has 2 bridgehead atoms. The van der Waals surface area contributed by atoms with E-state index in [-0.39, 0.29) is 54.6 Å². The third-order valence-corrected chi connectivity index (χ3v) is 31.4. The van der Waals surface area contributed by atoms with Crippen molar-refractivity contribution in [1.82, 2.24) is 10.2 Å².